The van der Waals surface area contributed by atoms with E-state index in [0.29, 0.717) is 5.56 Å². The van der Waals surface area contributed by atoms with E-state index >= 15 is 0 Å². The number of hydrogen-bond acceptors (Lipinski definition) is 6. The van der Waals surface area contributed by atoms with Crippen LogP contribution >= 0.6 is 15.9 Å². The SMILES string of the molecule is COC(=O)[C@@H](NC(=O)[C@]1(NC(=O)OC(C)(C)C)CCO[C@@H]1c1ccc(Br)cc1)C(C)C. The normalized spacial score (nSPS) is 22.0. The average Bonchev–Trinajstić information content (AvgIpc) is 3.08. The van der Waals surface area contributed by atoms with Crippen LogP contribution in [-0.4, -0.2) is 48.9 Å². The standard InChI is InChI=1S/C22H31BrN2O6/c1-13(2)16(18(26)29-6)24-19(27)22(25-20(28)31-21(3,4)5)11-12-30-17(22)14-7-9-15(23)10-8-14/h7-10,13,16-17H,11-12H2,1-6H3,(H,24,27)(H,25,28)/t16-,17+,22-/m0/s1. The van der Waals surface area contributed by atoms with Crippen LogP contribution in [0.1, 0.15) is 52.7 Å². The van der Waals surface area contributed by atoms with Gasteiger partial charge in [-0.15, -0.1) is 0 Å². The van der Waals surface area contributed by atoms with Crippen LogP contribution < -0.4 is 10.6 Å². The number of amides is 2. The molecule has 0 radical (unpaired) electrons. The Labute approximate surface area is 191 Å². The minimum Gasteiger partial charge on any atom is -0.467 e. The van der Waals surface area contributed by atoms with Crippen LogP contribution in [0.25, 0.3) is 0 Å². The third-order valence-electron chi connectivity index (χ3n) is 4.94. The lowest BCUT2D eigenvalue weighted by Gasteiger charge is -2.36. The molecule has 31 heavy (non-hydrogen) atoms. The summed E-state index contributed by atoms with van der Waals surface area (Å²) in [4.78, 5) is 38.5. The van der Waals surface area contributed by atoms with E-state index in [1.807, 2.05) is 24.3 Å². The van der Waals surface area contributed by atoms with Crippen molar-refractivity contribution in [2.24, 2.45) is 5.92 Å². The van der Waals surface area contributed by atoms with Crippen molar-refractivity contribution in [2.45, 2.75) is 64.3 Å². The van der Waals surface area contributed by atoms with E-state index in [9.17, 15) is 14.4 Å². The predicted molar refractivity (Wildman–Crippen MR) is 118 cm³/mol. The maximum atomic E-state index is 13.6. The van der Waals surface area contributed by atoms with Gasteiger partial charge in [0.1, 0.15) is 17.7 Å². The van der Waals surface area contributed by atoms with E-state index in [0.717, 1.165) is 4.47 Å². The van der Waals surface area contributed by atoms with Crippen LogP contribution in [-0.2, 0) is 23.8 Å². The van der Waals surface area contributed by atoms with E-state index in [4.69, 9.17) is 14.2 Å². The molecule has 1 aliphatic heterocycles. The van der Waals surface area contributed by atoms with Gasteiger partial charge < -0.3 is 24.8 Å². The van der Waals surface area contributed by atoms with Crippen molar-refractivity contribution in [3.05, 3.63) is 34.3 Å². The quantitative estimate of drug-likeness (QED) is 0.581. The molecule has 1 heterocycles. The van der Waals surface area contributed by atoms with E-state index in [2.05, 4.69) is 26.6 Å². The number of carbonyl (C=O) groups excluding carboxylic acids is 3. The molecule has 8 nitrogen and oxygen atoms in total. The first-order chi connectivity index (χ1) is 14.4. The van der Waals surface area contributed by atoms with Gasteiger partial charge in [-0.3, -0.25) is 4.79 Å². The summed E-state index contributed by atoms with van der Waals surface area (Å²) in [5, 5.41) is 5.51. The van der Waals surface area contributed by atoms with Gasteiger partial charge in [0.25, 0.3) is 0 Å². The molecule has 2 amide bonds. The highest BCUT2D eigenvalue weighted by atomic mass is 79.9. The molecule has 172 valence electrons. The van der Waals surface area contributed by atoms with Gasteiger partial charge in [0.15, 0.2) is 5.54 Å². The van der Waals surface area contributed by atoms with Gasteiger partial charge in [0, 0.05) is 10.9 Å². The Morgan fingerprint density at radius 1 is 1.19 bits per heavy atom. The minimum absolute atomic E-state index is 0.213. The molecule has 0 bridgehead atoms. The third-order valence-corrected chi connectivity index (χ3v) is 5.47. The van der Waals surface area contributed by atoms with Crippen molar-refractivity contribution in [2.75, 3.05) is 13.7 Å². The summed E-state index contributed by atoms with van der Waals surface area (Å²) >= 11 is 3.40. The molecule has 1 saturated heterocycles. The Balaban J connectivity index is 2.43. The highest BCUT2D eigenvalue weighted by Gasteiger charge is 2.53. The Hall–Kier alpha value is -2.13. The number of halogens is 1. The van der Waals surface area contributed by atoms with Crippen molar-refractivity contribution >= 4 is 33.9 Å². The Kier molecular flexibility index (Phi) is 8.10. The van der Waals surface area contributed by atoms with Crippen LogP contribution in [0.4, 0.5) is 4.79 Å². The van der Waals surface area contributed by atoms with Crippen LogP contribution in [0.2, 0.25) is 0 Å². The van der Waals surface area contributed by atoms with E-state index in [1.165, 1.54) is 7.11 Å². The fourth-order valence-electron chi connectivity index (χ4n) is 3.43. The predicted octanol–water partition coefficient (Wildman–Crippen LogP) is 3.49. The number of methoxy groups -OCH3 is 1. The molecule has 1 aromatic carbocycles. The summed E-state index contributed by atoms with van der Waals surface area (Å²) < 4.78 is 17.0. The zero-order chi connectivity index (χ0) is 23.4. The summed E-state index contributed by atoms with van der Waals surface area (Å²) in [6.07, 6.45) is -1.29. The average molecular weight is 499 g/mol. The number of hydrogen-bond donors (Lipinski definition) is 2. The first-order valence-corrected chi connectivity index (χ1v) is 11.0. The van der Waals surface area contributed by atoms with Gasteiger partial charge in [-0.1, -0.05) is 41.9 Å². The number of carbonyl (C=O) groups is 3. The number of nitrogens with one attached hydrogen (secondary N) is 2. The first kappa shape index (κ1) is 25.1. The molecule has 0 unspecified atom stereocenters. The Bertz CT molecular complexity index is 805. The molecule has 1 aromatic rings. The zero-order valence-electron chi connectivity index (χ0n) is 18.8. The van der Waals surface area contributed by atoms with E-state index in [1.54, 1.807) is 34.6 Å². The second-order valence-electron chi connectivity index (χ2n) is 8.87. The summed E-state index contributed by atoms with van der Waals surface area (Å²) in [6.45, 7) is 9.06. The monoisotopic (exact) mass is 498 g/mol. The summed E-state index contributed by atoms with van der Waals surface area (Å²) in [7, 11) is 1.27. The van der Waals surface area contributed by atoms with E-state index in [-0.39, 0.29) is 18.9 Å². The van der Waals surface area contributed by atoms with E-state index < -0.39 is 41.3 Å². The van der Waals surface area contributed by atoms with Crippen LogP contribution in [0.15, 0.2) is 28.7 Å². The second kappa shape index (κ2) is 9.99. The Morgan fingerprint density at radius 2 is 1.81 bits per heavy atom. The Morgan fingerprint density at radius 3 is 2.32 bits per heavy atom. The van der Waals surface area contributed by atoms with Crippen molar-refractivity contribution in [3.63, 3.8) is 0 Å². The van der Waals surface area contributed by atoms with Gasteiger partial charge in [-0.05, 0) is 44.4 Å². The molecule has 0 aliphatic carbocycles. The smallest absolute Gasteiger partial charge is 0.408 e. The third kappa shape index (κ3) is 6.20. The summed E-state index contributed by atoms with van der Waals surface area (Å²) in [6, 6.07) is 6.43. The minimum atomic E-state index is -1.46. The van der Waals surface area contributed by atoms with Crippen molar-refractivity contribution < 1.29 is 28.6 Å². The van der Waals surface area contributed by atoms with Crippen molar-refractivity contribution in [1.82, 2.24) is 10.6 Å². The van der Waals surface area contributed by atoms with Crippen LogP contribution in [0, 0.1) is 5.92 Å². The molecular weight excluding hydrogens is 468 g/mol. The first-order valence-electron chi connectivity index (χ1n) is 10.2. The largest absolute Gasteiger partial charge is 0.467 e. The maximum Gasteiger partial charge on any atom is 0.408 e. The molecule has 2 rings (SSSR count). The number of benzene rings is 1. The lowest BCUT2D eigenvalue weighted by molar-refractivity contribution is -0.147. The fraction of sp³-hybridized carbons (Fsp3) is 0.591. The second-order valence-corrected chi connectivity index (χ2v) is 9.78. The molecule has 1 fully saturated rings. The number of rotatable bonds is 6. The highest BCUT2D eigenvalue weighted by Crippen LogP contribution is 2.39. The lowest BCUT2D eigenvalue weighted by Crippen LogP contribution is -2.63. The van der Waals surface area contributed by atoms with Gasteiger partial charge >= 0.3 is 12.1 Å². The van der Waals surface area contributed by atoms with Crippen molar-refractivity contribution in [1.29, 1.82) is 0 Å². The molecule has 0 aromatic heterocycles. The number of esters is 1. The van der Waals surface area contributed by atoms with Crippen LogP contribution in [0.5, 0.6) is 0 Å². The fourth-order valence-corrected chi connectivity index (χ4v) is 3.69. The molecular formula is C22H31BrN2O6. The highest BCUT2D eigenvalue weighted by molar-refractivity contribution is 9.10. The van der Waals surface area contributed by atoms with Gasteiger partial charge in [0.2, 0.25) is 5.91 Å². The maximum absolute atomic E-state index is 13.6. The summed E-state index contributed by atoms with van der Waals surface area (Å²) in [5.41, 5.74) is -1.50. The number of ether oxygens (including phenoxy) is 3. The molecule has 3 atom stereocenters. The van der Waals surface area contributed by atoms with Gasteiger partial charge in [0.05, 0.1) is 13.7 Å². The zero-order valence-corrected chi connectivity index (χ0v) is 20.4. The van der Waals surface area contributed by atoms with Gasteiger partial charge in [-0.2, -0.15) is 0 Å². The molecule has 2 N–H and O–H groups in total. The van der Waals surface area contributed by atoms with Crippen LogP contribution in [0.3, 0.4) is 0 Å². The topological polar surface area (TPSA) is 103 Å². The molecule has 1 aliphatic rings. The van der Waals surface area contributed by atoms with Crippen molar-refractivity contribution in [3.8, 4) is 0 Å². The molecule has 9 heteroatoms. The molecule has 0 saturated carbocycles. The lowest BCUT2D eigenvalue weighted by atomic mass is 9.85. The molecule has 0 spiro atoms. The van der Waals surface area contributed by atoms with Gasteiger partial charge in [-0.25, -0.2) is 9.59 Å². The summed E-state index contributed by atoms with van der Waals surface area (Å²) in [5.74, 6) is -1.31. The number of alkyl carbamates (subject to hydrolysis) is 1.